The average molecular weight is 372 g/mol. The molecule has 0 aliphatic carbocycles. The molecule has 1 aromatic heterocycles. The Bertz CT molecular complexity index is 803. The summed E-state index contributed by atoms with van der Waals surface area (Å²) < 4.78 is 5.57. The summed E-state index contributed by atoms with van der Waals surface area (Å²) in [6.07, 6.45) is 2.60. The predicted octanol–water partition coefficient (Wildman–Crippen LogP) is 5.26. The van der Waals surface area contributed by atoms with E-state index in [2.05, 4.69) is 15.5 Å². The van der Waals surface area contributed by atoms with Gasteiger partial charge in [0.05, 0.1) is 18.5 Å². The second-order valence-corrected chi connectivity index (χ2v) is 6.47. The fourth-order valence-electron chi connectivity index (χ4n) is 2.12. The Morgan fingerprint density at radius 3 is 2.68 bits per heavy atom. The van der Waals surface area contributed by atoms with Gasteiger partial charge < -0.3 is 4.74 Å². The lowest BCUT2D eigenvalue weighted by Crippen LogP contribution is -1.97. The van der Waals surface area contributed by atoms with E-state index in [4.69, 9.17) is 16.3 Å². The summed E-state index contributed by atoms with van der Waals surface area (Å²) in [7, 11) is 0. The molecular weight excluding hydrogens is 354 g/mol. The second kappa shape index (κ2) is 9.20. The number of aromatic nitrogens is 1. The molecule has 0 saturated carbocycles. The molecule has 1 N–H and O–H groups in total. The van der Waals surface area contributed by atoms with Gasteiger partial charge in [-0.1, -0.05) is 30.3 Å². The summed E-state index contributed by atoms with van der Waals surface area (Å²) in [5.41, 5.74) is 6.00. The third kappa shape index (κ3) is 5.31. The van der Waals surface area contributed by atoms with Crippen LogP contribution in [0, 0.1) is 0 Å². The Morgan fingerprint density at radius 2 is 1.92 bits per heavy atom. The quantitative estimate of drug-likeness (QED) is 0.254. The van der Waals surface area contributed by atoms with Gasteiger partial charge in [0.2, 0.25) is 5.13 Å². The maximum atomic E-state index is 5.63. The van der Waals surface area contributed by atoms with Crippen LogP contribution in [0.5, 0.6) is 5.75 Å². The van der Waals surface area contributed by atoms with Gasteiger partial charge in [-0.15, -0.1) is 22.9 Å². The minimum Gasteiger partial charge on any atom is -0.494 e. The molecule has 0 aliphatic heterocycles. The first-order chi connectivity index (χ1) is 12.3. The lowest BCUT2D eigenvalue weighted by molar-refractivity contribution is 0.318. The largest absolute Gasteiger partial charge is 0.494 e. The van der Waals surface area contributed by atoms with Crippen molar-refractivity contribution in [2.45, 2.75) is 6.42 Å². The molecule has 3 rings (SSSR count). The van der Waals surface area contributed by atoms with Gasteiger partial charge in [0.1, 0.15) is 5.75 Å². The van der Waals surface area contributed by atoms with E-state index in [0.29, 0.717) is 12.5 Å². The number of nitrogens with zero attached hydrogens (tertiary/aromatic N) is 2. The number of hydrogen-bond acceptors (Lipinski definition) is 5. The zero-order valence-corrected chi connectivity index (χ0v) is 15.1. The SMILES string of the molecule is ClCCCOc1ccc(C=NNc2nc(-c3ccccc3)cs2)cc1. The van der Waals surface area contributed by atoms with Gasteiger partial charge >= 0.3 is 0 Å². The smallest absolute Gasteiger partial charge is 0.203 e. The van der Waals surface area contributed by atoms with Crippen molar-refractivity contribution in [1.82, 2.24) is 4.98 Å². The van der Waals surface area contributed by atoms with Crippen molar-refractivity contribution in [2.24, 2.45) is 5.10 Å². The molecule has 4 nitrogen and oxygen atoms in total. The highest BCUT2D eigenvalue weighted by molar-refractivity contribution is 7.14. The third-order valence-electron chi connectivity index (χ3n) is 3.37. The third-order valence-corrected chi connectivity index (χ3v) is 4.39. The molecule has 0 atom stereocenters. The Hall–Kier alpha value is -2.37. The van der Waals surface area contributed by atoms with Gasteiger partial charge in [0.25, 0.3) is 0 Å². The van der Waals surface area contributed by atoms with Crippen LogP contribution in [0.4, 0.5) is 5.13 Å². The van der Waals surface area contributed by atoms with Gasteiger partial charge in [-0.3, -0.25) is 5.43 Å². The Kier molecular flexibility index (Phi) is 6.42. The highest BCUT2D eigenvalue weighted by Gasteiger charge is 2.02. The maximum Gasteiger partial charge on any atom is 0.203 e. The lowest BCUT2D eigenvalue weighted by Gasteiger charge is -2.04. The van der Waals surface area contributed by atoms with Crippen LogP contribution in [-0.4, -0.2) is 23.7 Å². The monoisotopic (exact) mass is 371 g/mol. The minimum absolute atomic E-state index is 0.610. The van der Waals surface area contributed by atoms with Crippen LogP contribution in [0.3, 0.4) is 0 Å². The molecule has 0 unspecified atom stereocenters. The number of hydrogen-bond donors (Lipinski definition) is 1. The number of halogens is 1. The van der Waals surface area contributed by atoms with Gasteiger partial charge in [0, 0.05) is 16.8 Å². The van der Waals surface area contributed by atoms with Crippen molar-refractivity contribution in [3.8, 4) is 17.0 Å². The van der Waals surface area contributed by atoms with E-state index in [-0.39, 0.29) is 0 Å². The van der Waals surface area contributed by atoms with Crippen molar-refractivity contribution in [2.75, 3.05) is 17.9 Å². The van der Waals surface area contributed by atoms with Crippen LogP contribution < -0.4 is 10.2 Å². The Balaban J connectivity index is 1.54. The number of anilines is 1. The summed E-state index contributed by atoms with van der Waals surface area (Å²) in [6.45, 7) is 0.631. The molecule has 0 aliphatic rings. The van der Waals surface area contributed by atoms with Crippen molar-refractivity contribution < 1.29 is 4.74 Å². The topological polar surface area (TPSA) is 46.5 Å². The number of thiazole rings is 1. The summed E-state index contributed by atoms with van der Waals surface area (Å²) in [6, 6.07) is 17.8. The molecule has 0 fully saturated rings. The normalized spacial score (nSPS) is 10.9. The van der Waals surface area contributed by atoms with Crippen molar-refractivity contribution in [1.29, 1.82) is 0 Å². The number of benzene rings is 2. The number of rotatable bonds is 8. The molecule has 6 heteroatoms. The van der Waals surface area contributed by atoms with Gasteiger partial charge in [-0.05, 0) is 36.2 Å². The molecule has 128 valence electrons. The fourth-order valence-corrected chi connectivity index (χ4v) is 2.90. The van der Waals surface area contributed by atoms with E-state index in [1.165, 1.54) is 11.3 Å². The second-order valence-electron chi connectivity index (χ2n) is 5.23. The van der Waals surface area contributed by atoms with Crippen LogP contribution >= 0.6 is 22.9 Å². The maximum absolute atomic E-state index is 5.63. The summed E-state index contributed by atoms with van der Waals surface area (Å²) in [5.74, 6) is 1.45. The summed E-state index contributed by atoms with van der Waals surface area (Å²) in [5, 5.41) is 7.01. The minimum atomic E-state index is 0.610. The van der Waals surface area contributed by atoms with E-state index >= 15 is 0 Å². The number of ether oxygens (including phenoxy) is 1. The van der Waals surface area contributed by atoms with Crippen LogP contribution in [0.15, 0.2) is 65.1 Å². The molecule has 0 saturated heterocycles. The predicted molar refractivity (Wildman–Crippen MR) is 106 cm³/mol. The molecule has 1 heterocycles. The van der Waals surface area contributed by atoms with E-state index in [9.17, 15) is 0 Å². The zero-order valence-electron chi connectivity index (χ0n) is 13.6. The van der Waals surface area contributed by atoms with E-state index in [1.807, 2.05) is 60.0 Å². The van der Waals surface area contributed by atoms with E-state index < -0.39 is 0 Å². The highest BCUT2D eigenvalue weighted by Crippen LogP contribution is 2.24. The Labute approximate surface area is 156 Å². The van der Waals surface area contributed by atoms with Gasteiger partial charge in [-0.25, -0.2) is 4.98 Å². The van der Waals surface area contributed by atoms with E-state index in [0.717, 1.165) is 34.1 Å². The van der Waals surface area contributed by atoms with Crippen molar-refractivity contribution in [3.63, 3.8) is 0 Å². The first kappa shape index (κ1) is 17.5. The van der Waals surface area contributed by atoms with Crippen molar-refractivity contribution >= 4 is 34.3 Å². The van der Waals surface area contributed by atoms with Crippen LogP contribution in [0.25, 0.3) is 11.3 Å². The summed E-state index contributed by atoms with van der Waals surface area (Å²) >= 11 is 7.15. The first-order valence-electron chi connectivity index (χ1n) is 7.94. The zero-order chi connectivity index (χ0) is 17.3. The van der Waals surface area contributed by atoms with Gasteiger partial charge in [0.15, 0.2) is 0 Å². The lowest BCUT2D eigenvalue weighted by atomic mass is 10.2. The number of hydrazone groups is 1. The van der Waals surface area contributed by atoms with Gasteiger partial charge in [-0.2, -0.15) is 5.10 Å². The van der Waals surface area contributed by atoms with Crippen molar-refractivity contribution in [3.05, 3.63) is 65.5 Å². The van der Waals surface area contributed by atoms with Crippen LogP contribution in [-0.2, 0) is 0 Å². The van der Waals surface area contributed by atoms with E-state index in [1.54, 1.807) is 6.21 Å². The summed E-state index contributed by atoms with van der Waals surface area (Å²) in [4.78, 5) is 4.53. The highest BCUT2D eigenvalue weighted by atomic mass is 35.5. The van der Waals surface area contributed by atoms with Crippen LogP contribution in [0.1, 0.15) is 12.0 Å². The molecule has 0 radical (unpaired) electrons. The molecule has 0 amide bonds. The van der Waals surface area contributed by atoms with Crippen LogP contribution in [0.2, 0.25) is 0 Å². The molecule has 25 heavy (non-hydrogen) atoms. The molecule has 2 aromatic carbocycles. The Morgan fingerprint density at radius 1 is 1.12 bits per heavy atom. The molecular formula is C19H18ClN3OS. The molecule has 0 spiro atoms. The first-order valence-corrected chi connectivity index (χ1v) is 9.35. The molecule has 3 aromatic rings. The number of nitrogens with one attached hydrogen (secondary N) is 1. The molecule has 0 bridgehead atoms. The average Bonchev–Trinajstić information content (AvgIpc) is 3.13. The standard InChI is InChI=1S/C19H18ClN3OS/c20-11-4-12-24-17-9-7-15(8-10-17)13-21-23-19-22-18(14-25-19)16-5-2-1-3-6-16/h1-3,5-10,13-14H,4,11-12H2,(H,22,23). The fraction of sp³-hybridized carbons (Fsp3) is 0.158. The number of alkyl halides is 1.